The van der Waals surface area contributed by atoms with E-state index in [1.807, 2.05) is 13.1 Å². The number of nitrogens with zero attached hydrogens (tertiary/aromatic N) is 5. The summed E-state index contributed by atoms with van der Waals surface area (Å²) >= 11 is 3.45. The van der Waals surface area contributed by atoms with Gasteiger partial charge in [-0.05, 0) is 12.8 Å². The van der Waals surface area contributed by atoms with E-state index >= 15 is 0 Å². The van der Waals surface area contributed by atoms with Gasteiger partial charge in [-0.15, -0.1) is 5.10 Å². The van der Waals surface area contributed by atoms with Crippen LogP contribution in [0.2, 0.25) is 0 Å². The summed E-state index contributed by atoms with van der Waals surface area (Å²) in [4.78, 5) is 4.51. The summed E-state index contributed by atoms with van der Waals surface area (Å²) in [5, 5.41) is 12.0. The van der Waals surface area contributed by atoms with Crippen molar-refractivity contribution in [1.82, 2.24) is 25.1 Å². The van der Waals surface area contributed by atoms with Gasteiger partial charge in [-0.25, -0.2) is 4.68 Å². The van der Waals surface area contributed by atoms with Crippen molar-refractivity contribution in [2.75, 3.05) is 0 Å². The van der Waals surface area contributed by atoms with E-state index in [2.05, 4.69) is 50.2 Å². The number of hydrogen-bond acceptors (Lipinski definition) is 5. The van der Waals surface area contributed by atoms with Crippen LogP contribution < -0.4 is 0 Å². The first kappa shape index (κ1) is 13.2. The summed E-state index contributed by atoms with van der Waals surface area (Å²) in [6.07, 6.45) is 2.69. The Morgan fingerprint density at radius 2 is 2.17 bits per heavy atom. The molecule has 0 aliphatic rings. The molecule has 0 saturated carbocycles. The first-order valence-electron chi connectivity index (χ1n) is 5.90. The molecular weight excluding hydrogens is 298 g/mol. The maximum Gasteiger partial charge on any atom is 0.248 e. The molecule has 98 valence electrons. The second-order valence-electron chi connectivity index (χ2n) is 4.66. The molecule has 0 radical (unpaired) electrons. The number of rotatable bonds is 5. The van der Waals surface area contributed by atoms with Crippen LogP contribution >= 0.6 is 15.9 Å². The fraction of sp³-hybridized carbons (Fsp3) is 0.636. The molecule has 0 saturated heterocycles. The van der Waals surface area contributed by atoms with E-state index in [4.69, 9.17) is 4.52 Å². The van der Waals surface area contributed by atoms with Crippen LogP contribution in [0.4, 0.5) is 0 Å². The van der Waals surface area contributed by atoms with Crippen LogP contribution in [0.25, 0.3) is 0 Å². The Labute approximate surface area is 114 Å². The normalized spacial score (nSPS) is 13.2. The fourth-order valence-electron chi connectivity index (χ4n) is 1.51. The first-order valence-corrected chi connectivity index (χ1v) is 6.81. The Balaban J connectivity index is 2.02. The Kier molecular flexibility index (Phi) is 4.11. The Bertz CT molecular complexity index is 505. The molecule has 1 unspecified atom stereocenters. The van der Waals surface area contributed by atoms with Crippen molar-refractivity contribution in [3.05, 3.63) is 23.6 Å². The Morgan fingerprint density at radius 1 is 1.39 bits per heavy atom. The summed E-state index contributed by atoms with van der Waals surface area (Å²) in [6, 6.07) is 0. The summed E-state index contributed by atoms with van der Waals surface area (Å²) in [5.74, 6) is 1.82. The molecule has 2 aromatic heterocycles. The van der Waals surface area contributed by atoms with Crippen molar-refractivity contribution in [2.24, 2.45) is 5.92 Å². The fourth-order valence-corrected chi connectivity index (χ4v) is 1.72. The molecular formula is C11H16BrN5O. The molecule has 1 atom stereocenters. The SMILES string of the molecule is CC(C)Cc1noc(Cn2cc(C(C)Br)nn2)n1. The molecule has 0 amide bonds. The summed E-state index contributed by atoms with van der Waals surface area (Å²) in [6.45, 7) is 6.70. The topological polar surface area (TPSA) is 69.6 Å². The lowest BCUT2D eigenvalue weighted by molar-refractivity contribution is 0.358. The number of aromatic nitrogens is 5. The average Bonchev–Trinajstić information content (AvgIpc) is 2.88. The molecule has 6 nitrogen and oxygen atoms in total. The summed E-state index contributed by atoms with van der Waals surface area (Å²) in [7, 11) is 0. The van der Waals surface area contributed by atoms with Crippen LogP contribution in [0.1, 0.15) is 43.0 Å². The summed E-state index contributed by atoms with van der Waals surface area (Å²) < 4.78 is 6.87. The zero-order valence-electron chi connectivity index (χ0n) is 10.7. The first-order chi connectivity index (χ1) is 8.54. The van der Waals surface area contributed by atoms with Gasteiger partial charge in [0, 0.05) is 6.42 Å². The van der Waals surface area contributed by atoms with Gasteiger partial charge in [0.1, 0.15) is 6.54 Å². The Morgan fingerprint density at radius 3 is 2.78 bits per heavy atom. The molecule has 0 aliphatic carbocycles. The van der Waals surface area contributed by atoms with Crippen LogP contribution in [0, 0.1) is 5.92 Å². The highest BCUT2D eigenvalue weighted by Gasteiger charge is 2.11. The number of halogens is 1. The van der Waals surface area contributed by atoms with Gasteiger partial charge in [0.25, 0.3) is 0 Å². The standard InChI is InChI=1S/C11H16BrN5O/c1-7(2)4-10-13-11(18-15-10)6-17-5-9(8(3)12)14-16-17/h5,7-8H,4,6H2,1-3H3. The highest BCUT2D eigenvalue weighted by molar-refractivity contribution is 9.09. The average molecular weight is 314 g/mol. The number of hydrogen-bond donors (Lipinski definition) is 0. The van der Waals surface area contributed by atoms with Crippen LogP contribution in [-0.2, 0) is 13.0 Å². The maximum absolute atomic E-state index is 5.18. The van der Waals surface area contributed by atoms with Gasteiger partial charge in [-0.2, -0.15) is 4.98 Å². The molecule has 18 heavy (non-hydrogen) atoms. The van der Waals surface area contributed by atoms with E-state index in [-0.39, 0.29) is 4.83 Å². The Hall–Kier alpha value is -1.24. The van der Waals surface area contributed by atoms with E-state index in [9.17, 15) is 0 Å². The zero-order chi connectivity index (χ0) is 13.1. The van der Waals surface area contributed by atoms with Crippen molar-refractivity contribution in [3.63, 3.8) is 0 Å². The second kappa shape index (κ2) is 5.60. The van der Waals surface area contributed by atoms with Crippen molar-refractivity contribution >= 4 is 15.9 Å². The third kappa shape index (κ3) is 3.38. The summed E-state index contributed by atoms with van der Waals surface area (Å²) in [5.41, 5.74) is 0.886. The highest BCUT2D eigenvalue weighted by atomic mass is 79.9. The molecule has 2 aromatic rings. The van der Waals surface area contributed by atoms with Gasteiger partial charge >= 0.3 is 0 Å². The van der Waals surface area contributed by atoms with Crippen LogP contribution in [0.5, 0.6) is 0 Å². The van der Waals surface area contributed by atoms with Gasteiger partial charge < -0.3 is 4.52 Å². The predicted molar refractivity (Wildman–Crippen MR) is 69.3 cm³/mol. The van der Waals surface area contributed by atoms with Gasteiger partial charge in [-0.1, -0.05) is 40.1 Å². The van der Waals surface area contributed by atoms with Crippen LogP contribution in [-0.4, -0.2) is 25.1 Å². The maximum atomic E-state index is 5.18. The smallest absolute Gasteiger partial charge is 0.248 e. The van der Waals surface area contributed by atoms with Gasteiger partial charge in [0.05, 0.1) is 16.7 Å². The molecule has 2 rings (SSSR count). The van der Waals surface area contributed by atoms with Crippen molar-refractivity contribution in [3.8, 4) is 0 Å². The van der Waals surface area contributed by atoms with Crippen LogP contribution in [0.15, 0.2) is 10.7 Å². The molecule has 2 heterocycles. The van der Waals surface area contributed by atoms with Crippen molar-refractivity contribution in [2.45, 2.75) is 38.6 Å². The van der Waals surface area contributed by atoms with E-state index in [1.54, 1.807) is 4.68 Å². The molecule has 0 aliphatic heterocycles. The molecule has 0 N–H and O–H groups in total. The molecule has 0 bridgehead atoms. The minimum Gasteiger partial charge on any atom is -0.337 e. The molecule has 0 fully saturated rings. The largest absolute Gasteiger partial charge is 0.337 e. The van der Waals surface area contributed by atoms with Gasteiger partial charge in [-0.3, -0.25) is 0 Å². The third-order valence-electron chi connectivity index (χ3n) is 2.36. The minimum atomic E-state index is 0.186. The lowest BCUT2D eigenvalue weighted by atomic mass is 10.1. The zero-order valence-corrected chi connectivity index (χ0v) is 12.3. The lowest BCUT2D eigenvalue weighted by Gasteiger charge is -1.96. The molecule has 0 spiro atoms. The van der Waals surface area contributed by atoms with Gasteiger partial charge in [0.2, 0.25) is 5.89 Å². The van der Waals surface area contributed by atoms with Crippen molar-refractivity contribution < 1.29 is 4.52 Å². The van der Waals surface area contributed by atoms with E-state index in [1.165, 1.54) is 0 Å². The second-order valence-corrected chi connectivity index (χ2v) is 6.03. The minimum absolute atomic E-state index is 0.186. The monoisotopic (exact) mass is 313 g/mol. The van der Waals surface area contributed by atoms with Crippen molar-refractivity contribution in [1.29, 1.82) is 0 Å². The van der Waals surface area contributed by atoms with E-state index < -0.39 is 0 Å². The highest BCUT2D eigenvalue weighted by Crippen LogP contribution is 2.18. The van der Waals surface area contributed by atoms with E-state index in [0.29, 0.717) is 18.4 Å². The van der Waals surface area contributed by atoms with E-state index in [0.717, 1.165) is 17.9 Å². The van der Waals surface area contributed by atoms with Gasteiger partial charge in [0.15, 0.2) is 5.82 Å². The molecule has 7 heteroatoms. The van der Waals surface area contributed by atoms with Crippen LogP contribution in [0.3, 0.4) is 0 Å². The molecule has 0 aromatic carbocycles. The number of alkyl halides is 1. The quantitative estimate of drug-likeness (QED) is 0.792. The predicted octanol–water partition coefficient (Wildman–Crippen LogP) is 2.36. The third-order valence-corrected chi connectivity index (χ3v) is 2.83. The lowest BCUT2D eigenvalue weighted by Crippen LogP contribution is -2.01.